The highest BCUT2D eigenvalue weighted by molar-refractivity contribution is 5.94. The zero-order valence-electron chi connectivity index (χ0n) is 16.5. The smallest absolute Gasteiger partial charge is 0.257 e. The summed E-state index contributed by atoms with van der Waals surface area (Å²) in [4.78, 5) is 15.7. The number of methoxy groups -OCH3 is 3. The number of amides is 1. The fourth-order valence-electron chi connectivity index (χ4n) is 3.45. The Morgan fingerprint density at radius 2 is 1.71 bits per heavy atom. The minimum atomic E-state index is -0.551. The van der Waals surface area contributed by atoms with Gasteiger partial charge in [-0.05, 0) is 30.3 Å². The van der Waals surface area contributed by atoms with Crippen molar-refractivity contribution in [3.05, 3.63) is 53.3 Å². The second-order valence-corrected chi connectivity index (χ2v) is 6.75. The van der Waals surface area contributed by atoms with Gasteiger partial charge in [0.25, 0.3) is 5.91 Å². The van der Waals surface area contributed by atoms with Gasteiger partial charge < -0.3 is 24.0 Å². The molecule has 0 unspecified atom stereocenters. The van der Waals surface area contributed by atoms with Gasteiger partial charge in [-0.15, -0.1) is 0 Å². The third-order valence-electron chi connectivity index (χ3n) is 5.07. The summed E-state index contributed by atoms with van der Waals surface area (Å²) in [5.41, 5.74) is 1.23. The number of carbonyl (C=O) groups excluding carboxylic acids is 1. The highest BCUT2D eigenvalue weighted by Crippen LogP contribution is 2.27. The van der Waals surface area contributed by atoms with Crippen molar-refractivity contribution in [3.8, 4) is 17.2 Å². The predicted octanol–water partition coefficient (Wildman–Crippen LogP) is 1.39. The maximum atomic E-state index is 14.2. The molecule has 7 heteroatoms. The van der Waals surface area contributed by atoms with E-state index < -0.39 is 5.82 Å². The van der Waals surface area contributed by atoms with Crippen LogP contribution in [0.3, 0.4) is 0 Å². The predicted molar refractivity (Wildman–Crippen MR) is 103 cm³/mol. The second kappa shape index (κ2) is 8.93. The second-order valence-electron chi connectivity index (χ2n) is 6.75. The maximum absolute atomic E-state index is 14.2. The monoisotopic (exact) mass is 389 g/mol. The van der Waals surface area contributed by atoms with Crippen molar-refractivity contribution in [2.45, 2.75) is 6.54 Å². The molecule has 1 N–H and O–H groups in total. The van der Waals surface area contributed by atoms with E-state index >= 15 is 0 Å². The number of carbonyl (C=O) groups is 1. The Labute approximate surface area is 164 Å². The van der Waals surface area contributed by atoms with E-state index in [-0.39, 0.29) is 11.5 Å². The first-order valence-electron chi connectivity index (χ1n) is 9.23. The number of nitrogens with one attached hydrogen (secondary N) is 1. The number of hydrogen-bond donors (Lipinski definition) is 1. The lowest BCUT2D eigenvalue weighted by molar-refractivity contribution is -0.917. The standard InChI is InChI=1S/C21H25FN2O4/c1-26-16-5-6-17(18(22)13-16)21(25)24-10-8-23(9-11-24)14-15-4-7-19(27-2)20(12-15)28-3/h4-7,12-13H,8-11,14H2,1-3H3/p+1. The Kier molecular flexibility index (Phi) is 6.36. The van der Waals surface area contributed by atoms with Crippen LogP contribution in [0.25, 0.3) is 0 Å². The van der Waals surface area contributed by atoms with Crippen molar-refractivity contribution < 1.29 is 28.3 Å². The molecule has 0 bridgehead atoms. The number of halogens is 1. The number of hydrogen-bond acceptors (Lipinski definition) is 4. The molecule has 1 saturated heterocycles. The molecule has 28 heavy (non-hydrogen) atoms. The van der Waals surface area contributed by atoms with Gasteiger partial charge >= 0.3 is 0 Å². The summed E-state index contributed by atoms with van der Waals surface area (Å²) < 4.78 is 29.8. The molecule has 0 radical (unpaired) electrons. The van der Waals surface area contributed by atoms with Crippen molar-refractivity contribution in [3.63, 3.8) is 0 Å². The fourth-order valence-corrected chi connectivity index (χ4v) is 3.45. The molecule has 1 aliphatic rings. The molecule has 0 spiro atoms. The summed E-state index contributed by atoms with van der Waals surface area (Å²) in [5, 5.41) is 0. The van der Waals surface area contributed by atoms with E-state index in [0.29, 0.717) is 30.3 Å². The van der Waals surface area contributed by atoms with E-state index in [0.717, 1.165) is 25.2 Å². The first-order valence-corrected chi connectivity index (χ1v) is 9.23. The van der Waals surface area contributed by atoms with Gasteiger partial charge in [0.1, 0.15) is 18.1 Å². The number of benzene rings is 2. The van der Waals surface area contributed by atoms with Crippen molar-refractivity contribution in [1.82, 2.24) is 4.90 Å². The van der Waals surface area contributed by atoms with Gasteiger partial charge in [0, 0.05) is 11.6 Å². The number of quaternary nitrogens is 1. The van der Waals surface area contributed by atoms with Crippen LogP contribution in [0.15, 0.2) is 36.4 Å². The maximum Gasteiger partial charge on any atom is 0.257 e. The minimum Gasteiger partial charge on any atom is -0.497 e. The normalized spacial score (nSPS) is 14.6. The molecule has 0 saturated carbocycles. The third-order valence-corrected chi connectivity index (χ3v) is 5.07. The van der Waals surface area contributed by atoms with E-state index in [1.165, 1.54) is 24.1 Å². The summed E-state index contributed by atoms with van der Waals surface area (Å²) in [6.07, 6.45) is 0. The lowest BCUT2D eigenvalue weighted by Crippen LogP contribution is -3.13. The molecule has 3 rings (SSSR count). The third kappa shape index (κ3) is 4.36. The van der Waals surface area contributed by atoms with Gasteiger partial charge in [-0.3, -0.25) is 4.79 Å². The first kappa shape index (κ1) is 19.9. The van der Waals surface area contributed by atoms with E-state index in [1.54, 1.807) is 25.2 Å². The zero-order valence-corrected chi connectivity index (χ0v) is 16.5. The molecule has 6 nitrogen and oxygen atoms in total. The molecule has 0 aromatic heterocycles. The first-order chi connectivity index (χ1) is 13.5. The average molecular weight is 389 g/mol. The molecule has 2 aromatic rings. The summed E-state index contributed by atoms with van der Waals surface area (Å²) in [6, 6.07) is 10.2. The number of piperazine rings is 1. The number of ether oxygens (including phenoxy) is 3. The van der Waals surface area contributed by atoms with Crippen LogP contribution < -0.4 is 19.1 Å². The summed E-state index contributed by atoms with van der Waals surface area (Å²) in [5.74, 6) is 0.995. The van der Waals surface area contributed by atoms with Gasteiger partial charge in [-0.1, -0.05) is 0 Å². The van der Waals surface area contributed by atoms with E-state index in [1.807, 2.05) is 18.2 Å². The largest absolute Gasteiger partial charge is 0.497 e. The summed E-state index contributed by atoms with van der Waals surface area (Å²) in [7, 11) is 4.71. The van der Waals surface area contributed by atoms with Crippen LogP contribution in [0.1, 0.15) is 15.9 Å². The number of rotatable bonds is 6. The van der Waals surface area contributed by atoms with Crippen LogP contribution in [0.4, 0.5) is 4.39 Å². The SMILES string of the molecule is COc1ccc(C(=O)N2CC[NH+](Cc3ccc(OC)c(OC)c3)CC2)c(F)c1. The quantitative estimate of drug-likeness (QED) is 0.811. The van der Waals surface area contributed by atoms with E-state index in [9.17, 15) is 9.18 Å². The molecule has 150 valence electrons. The van der Waals surface area contributed by atoms with Gasteiger partial charge in [-0.2, -0.15) is 0 Å². The van der Waals surface area contributed by atoms with Crippen molar-refractivity contribution in [2.75, 3.05) is 47.5 Å². The van der Waals surface area contributed by atoms with Crippen molar-refractivity contribution in [1.29, 1.82) is 0 Å². The fraction of sp³-hybridized carbons (Fsp3) is 0.381. The average Bonchev–Trinajstić information content (AvgIpc) is 2.73. The van der Waals surface area contributed by atoms with E-state index in [2.05, 4.69) is 0 Å². The molecule has 2 aromatic carbocycles. The molecule has 1 aliphatic heterocycles. The van der Waals surface area contributed by atoms with Crippen LogP contribution >= 0.6 is 0 Å². The molecule has 0 aliphatic carbocycles. The molecule has 1 amide bonds. The molecule has 1 fully saturated rings. The Hall–Kier alpha value is -2.80. The Bertz CT molecular complexity index is 835. The lowest BCUT2D eigenvalue weighted by atomic mass is 10.1. The van der Waals surface area contributed by atoms with E-state index in [4.69, 9.17) is 14.2 Å². The summed E-state index contributed by atoms with van der Waals surface area (Å²) in [6.45, 7) is 3.62. The Morgan fingerprint density at radius 3 is 2.32 bits per heavy atom. The Balaban J connectivity index is 1.59. The molecular weight excluding hydrogens is 363 g/mol. The van der Waals surface area contributed by atoms with Crippen LogP contribution in [0, 0.1) is 5.82 Å². The van der Waals surface area contributed by atoms with Crippen LogP contribution in [0.5, 0.6) is 17.2 Å². The van der Waals surface area contributed by atoms with Gasteiger partial charge in [0.05, 0.1) is 53.1 Å². The zero-order chi connectivity index (χ0) is 20.1. The highest BCUT2D eigenvalue weighted by atomic mass is 19.1. The number of nitrogens with zero attached hydrogens (tertiary/aromatic N) is 1. The van der Waals surface area contributed by atoms with Gasteiger partial charge in [-0.25, -0.2) is 4.39 Å². The van der Waals surface area contributed by atoms with Gasteiger partial charge in [0.2, 0.25) is 0 Å². The van der Waals surface area contributed by atoms with Crippen molar-refractivity contribution >= 4 is 5.91 Å². The van der Waals surface area contributed by atoms with Crippen molar-refractivity contribution in [2.24, 2.45) is 0 Å². The molecular formula is C21H26FN2O4+. The lowest BCUT2D eigenvalue weighted by Gasteiger charge is -2.32. The van der Waals surface area contributed by atoms with Gasteiger partial charge in [0.15, 0.2) is 11.5 Å². The molecule has 0 atom stereocenters. The topological polar surface area (TPSA) is 52.4 Å². The van der Waals surface area contributed by atoms with Crippen LogP contribution in [0.2, 0.25) is 0 Å². The minimum absolute atomic E-state index is 0.0872. The highest BCUT2D eigenvalue weighted by Gasteiger charge is 2.26. The molecule has 1 heterocycles. The summed E-state index contributed by atoms with van der Waals surface area (Å²) >= 11 is 0. The van der Waals surface area contributed by atoms with Crippen LogP contribution in [-0.4, -0.2) is 58.3 Å². The van der Waals surface area contributed by atoms with Crippen LogP contribution in [-0.2, 0) is 6.54 Å². The Morgan fingerprint density at radius 1 is 1.00 bits per heavy atom.